The summed E-state index contributed by atoms with van der Waals surface area (Å²) in [5.41, 5.74) is 18.0. The van der Waals surface area contributed by atoms with Crippen LogP contribution in [-0.2, 0) is 26.8 Å². The van der Waals surface area contributed by atoms with Gasteiger partial charge >= 0.3 is 0 Å². The van der Waals surface area contributed by atoms with E-state index in [4.69, 9.17) is 4.74 Å². The van der Waals surface area contributed by atoms with Gasteiger partial charge < -0.3 is 14.5 Å². The molecule has 73 heavy (non-hydrogen) atoms. The molecule has 0 aliphatic carbocycles. The van der Waals surface area contributed by atoms with E-state index in [0.29, 0.717) is 16.8 Å². The van der Waals surface area contributed by atoms with Crippen LogP contribution in [0.3, 0.4) is 0 Å². The fraction of sp³-hybridized carbons (Fsp3) is 0.176. The topological polar surface area (TPSA) is 63.3 Å². The largest absolute Gasteiger partial charge is 0.360 e. The predicted molar refractivity (Wildman–Crippen MR) is 298 cm³/mol. The van der Waals surface area contributed by atoms with E-state index in [-0.39, 0.29) is 0 Å². The Bertz CT molecular complexity index is 3600. The number of hydrogen-bond acceptors (Lipinski definition) is 5. The van der Waals surface area contributed by atoms with Gasteiger partial charge in [0.1, 0.15) is 17.7 Å². The van der Waals surface area contributed by atoms with Crippen molar-refractivity contribution in [2.75, 3.05) is 9.80 Å². The zero-order valence-electron chi connectivity index (χ0n) is 42.7. The summed E-state index contributed by atoms with van der Waals surface area (Å²) in [5, 5.41) is 24.3. The first-order valence-corrected chi connectivity index (χ1v) is 25.3. The molecule has 0 saturated heterocycles. The molecule has 9 aromatic rings. The third-order valence-electron chi connectivity index (χ3n) is 15.9. The first-order valence-electron chi connectivity index (χ1n) is 25.3. The molecule has 5 nitrogen and oxygen atoms in total. The van der Waals surface area contributed by atoms with Crippen LogP contribution in [0.15, 0.2) is 194 Å². The number of fused-ring (bicyclic) bond motifs is 5. The maximum absolute atomic E-state index is 12.3. The lowest BCUT2D eigenvalue weighted by molar-refractivity contribution is -0.105. The van der Waals surface area contributed by atoms with Crippen molar-refractivity contribution in [3.8, 4) is 56.6 Å². The van der Waals surface area contributed by atoms with Gasteiger partial charge in [0.25, 0.3) is 0 Å². The maximum atomic E-state index is 12.3. The lowest BCUT2D eigenvalue weighted by atomic mass is 9.71. The van der Waals surface area contributed by atoms with Crippen LogP contribution < -0.4 is 9.80 Å². The van der Waals surface area contributed by atoms with Gasteiger partial charge in [-0.05, 0) is 143 Å². The predicted octanol–water partition coefficient (Wildman–Crippen LogP) is 17.8. The summed E-state index contributed by atoms with van der Waals surface area (Å²) < 4.78 is 7.19. The molecular formula is C68H56N4O. The summed E-state index contributed by atoms with van der Waals surface area (Å²) in [6, 6.07) is 74.6. The van der Waals surface area contributed by atoms with Gasteiger partial charge in [0, 0.05) is 22.0 Å². The minimum absolute atomic E-state index is 0.399. The summed E-state index contributed by atoms with van der Waals surface area (Å²) in [5.74, 6) is 0. The molecule has 5 heteroatoms. The molecule has 0 saturated carbocycles. The molecule has 0 unspecified atom stereocenters. The maximum Gasteiger partial charge on any atom is 0.104 e. The molecule has 0 radical (unpaired) electrons. The van der Waals surface area contributed by atoms with Gasteiger partial charge in [0.2, 0.25) is 0 Å². The monoisotopic (exact) mass is 944 g/mol. The highest BCUT2D eigenvalue weighted by molar-refractivity contribution is 6.00. The van der Waals surface area contributed by atoms with Crippen molar-refractivity contribution in [2.45, 2.75) is 77.4 Å². The molecule has 0 aromatic heterocycles. The molecule has 0 fully saturated rings. The van der Waals surface area contributed by atoms with Crippen LogP contribution in [0.2, 0.25) is 0 Å². The molecule has 0 bridgehead atoms. The Morgan fingerprint density at radius 2 is 0.616 bits per heavy atom. The highest BCUT2D eigenvalue weighted by Gasteiger charge is 2.52. The Hall–Kier alpha value is -8.48. The first kappa shape index (κ1) is 45.6. The van der Waals surface area contributed by atoms with E-state index in [1.807, 2.05) is 12.1 Å². The molecule has 3 aliphatic heterocycles. The second-order valence-electron chi connectivity index (χ2n) is 21.9. The number of anilines is 6. The van der Waals surface area contributed by atoms with Gasteiger partial charge in [-0.2, -0.15) is 10.5 Å². The van der Waals surface area contributed by atoms with Crippen molar-refractivity contribution < 1.29 is 4.74 Å². The first-order chi connectivity index (χ1) is 35.1. The van der Waals surface area contributed by atoms with Gasteiger partial charge in [-0.15, -0.1) is 0 Å². The van der Waals surface area contributed by atoms with E-state index < -0.39 is 22.0 Å². The van der Waals surface area contributed by atoms with Crippen LogP contribution in [-0.4, -0.2) is 0 Å². The van der Waals surface area contributed by atoms with E-state index in [2.05, 4.69) is 259 Å². The molecule has 3 heterocycles. The normalized spacial score (nSPS) is 16.0. The highest BCUT2D eigenvalue weighted by Crippen LogP contribution is 2.63. The number of rotatable bonds is 6. The van der Waals surface area contributed by atoms with Crippen LogP contribution in [0.25, 0.3) is 44.5 Å². The summed E-state index contributed by atoms with van der Waals surface area (Å²) in [4.78, 5) is 4.56. The Balaban J connectivity index is 1.21. The third-order valence-corrected chi connectivity index (χ3v) is 15.9. The summed E-state index contributed by atoms with van der Waals surface area (Å²) in [6.07, 6.45) is 0. The number of benzene rings is 9. The fourth-order valence-electron chi connectivity index (χ4n) is 12.5. The number of hydrogen-bond donors (Lipinski definition) is 0. The molecule has 12 rings (SSSR count). The van der Waals surface area contributed by atoms with E-state index in [1.54, 1.807) is 0 Å². The van der Waals surface area contributed by atoms with Crippen LogP contribution in [0, 0.1) is 22.7 Å². The van der Waals surface area contributed by atoms with Crippen molar-refractivity contribution in [2.24, 2.45) is 0 Å². The second-order valence-corrected chi connectivity index (χ2v) is 21.9. The van der Waals surface area contributed by atoms with Crippen molar-refractivity contribution >= 4 is 34.1 Å². The molecule has 0 N–H and O–H groups in total. The quantitative estimate of drug-likeness (QED) is 0.166. The van der Waals surface area contributed by atoms with Crippen molar-refractivity contribution in [3.05, 3.63) is 239 Å². The molecule has 0 amide bonds. The Kier molecular flexibility index (Phi) is 10.3. The zero-order chi connectivity index (χ0) is 50.6. The van der Waals surface area contributed by atoms with Crippen LogP contribution in [0.1, 0.15) is 99.9 Å². The number of ether oxygens (including phenoxy) is 1. The van der Waals surface area contributed by atoms with Gasteiger partial charge in [0.05, 0.1) is 50.9 Å². The van der Waals surface area contributed by atoms with E-state index in [0.717, 1.165) is 106 Å². The SMILES string of the molecule is CC1(C)OC(C)(C)c2c(N3c4ccc(-c5ccccc5)cc4C(C)(C)c4cc(-c5ccccc5)ccc43)c(C#N)c(N3c4ccc(-c5ccccc5)cc4C(C)(C)c4cc(-c5ccccc5)ccc43)c(C#N)c21. The van der Waals surface area contributed by atoms with E-state index in [9.17, 15) is 10.5 Å². The molecular weight excluding hydrogens is 889 g/mol. The van der Waals surface area contributed by atoms with Crippen molar-refractivity contribution in [3.63, 3.8) is 0 Å². The lowest BCUT2D eigenvalue weighted by Crippen LogP contribution is -2.34. The molecule has 0 spiro atoms. The third kappa shape index (κ3) is 6.98. The van der Waals surface area contributed by atoms with Crippen LogP contribution in [0.5, 0.6) is 0 Å². The minimum Gasteiger partial charge on any atom is -0.360 e. The van der Waals surface area contributed by atoms with Crippen molar-refractivity contribution in [1.82, 2.24) is 0 Å². The van der Waals surface area contributed by atoms with Crippen LogP contribution >= 0.6 is 0 Å². The van der Waals surface area contributed by atoms with Crippen molar-refractivity contribution in [1.29, 1.82) is 10.5 Å². The minimum atomic E-state index is -0.925. The Morgan fingerprint density at radius 3 is 0.918 bits per heavy atom. The van der Waals surface area contributed by atoms with E-state index in [1.165, 1.54) is 0 Å². The summed E-state index contributed by atoms with van der Waals surface area (Å²) in [7, 11) is 0. The molecule has 3 aliphatic rings. The van der Waals surface area contributed by atoms with Crippen LogP contribution in [0.4, 0.5) is 34.1 Å². The standard InChI is InChI=1S/C68H56N4O/c1-65(2)53-37-47(43-21-13-9-14-22-43)29-33-57(53)71(58-34-30-48(38-54(58)65)44-23-15-10-16-24-44)63-51(41-69)61-62(68(7,8)73-67(61,5)6)64(52(63)42-70)72-59-35-31-49(45-25-17-11-18-26-45)39-55(59)66(3,4)56-40-50(32-36-60(56)72)46-27-19-12-20-28-46/h9-40H,1-8H3. The summed E-state index contributed by atoms with van der Waals surface area (Å²) >= 11 is 0. The fourth-order valence-corrected chi connectivity index (χ4v) is 12.5. The van der Waals surface area contributed by atoms with Gasteiger partial charge in [-0.3, -0.25) is 0 Å². The molecule has 354 valence electrons. The highest BCUT2D eigenvalue weighted by atomic mass is 16.5. The average molecular weight is 945 g/mol. The molecule has 0 atom stereocenters. The van der Waals surface area contributed by atoms with Gasteiger partial charge in [0.15, 0.2) is 0 Å². The number of nitrogens with zero attached hydrogens (tertiary/aromatic N) is 4. The summed E-state index contributed by atoms with van der Waals surface area (Å²) in [6.45, 7) is 17.5. The molecule has 9 aromatic carbocycles. The zero-order valence-corrected chi connectivity index (χ0v) is 42.7. The van der Waals surface area contributed by atoms with Gasteiger partial charge in [-0.25, -0.2) is 0 Å². The number of nitriles is 2. The Morgan fingerprint density at radius 1 is 0.329 bits per heavy atom. The lowest BCUT2D eigenvalue weighted by Gasteiger charge is -2.46. The smallest absolute Gasteiger partial charge is 0.104 e. The van der Waals surface area contributed by atoms with Gasteiger partial charge in [-0.1, -0.05) is 173 Å². The van der Waals surface area contributed by atoms with E-state index >= 15 is 0 Å². The second kappa shape index (κ2) is 16.5. The Labute approximate surface area is 429 Å². The average Bonchev–Trinajstić information content (AvgIpc) is 3.61.